The van der Waals surface area contributed by atoms with E-state index in [1.807, 2.05) is 0 Å². The van der Waals surface area contributed by atoms with Crippen LogP contribution in [0.25, 0.3) is 0 Å². The van der Waals surface area contributed by atoms with E-state index >= 15 is 0 Å². The molecular weight excluding hydrogens is 384 g/mol. The number of nitrogens with zero attached hydrogens (tertiary/aromatic N) is 1. The van der Waals surface area contributed by atoms with E-state index in [1.54, 1.807) is 0 Å². The first-order chi connectivity index (χ1) is 12.2. The van der Waals surface area contributed by atoms with Crippen LogP contribution in [0.2, 0.25) is 0 Å². The normalized spacial score (nSPS) is 26.8. The summed E-state index contributed by atoms with van der Waals surface area (Å²) in [5, 5.41) is 1.47. The molecule has 3 amide bonds. The van der Waals surface area contributed by atoms with E-state index in [-0.39, 0.29) is 12.5 Å². The third-order valence-electron chi connectivity index (χ3n) is 5.13. The Labute approximate surface area is 150 Å². The number of carbonyl (C=O) groups is 3. The molecule has 6 nitrogen and oxygen atoms in total. The van der Waals surface area contributed by atoms with Crippen LogP contribution in [0.5, 0.6) is 0 Å². The molecule has 154 valence electrons. The zero-order valence-electron chi connectivity index (χ0n) is 14.2. The molecular formula is C15H19F6N3O3. The third-order valence-corrected chi connectivity index (χ3v) is 5.13. The number of alkyl halides is 6. The van der Waals surface area contributed by atoms with Gasteiger partial charge in [0.2, 0.25) is 17.7 Å². The SMILES string of the molecule is CC(=O)NC(C(=O)N1CC2CCCC2C1C(N)=O)C(C(F)(F)F)C(F)(F)F. The lowest BCUT2D eigenvalue weighted by atomic mass is 9.93. The van der Waals surface area contributed by atoms with Gasteiger partial charge in [-0.05, 0) is 24.7 Å². The number of halogens is 6. The van der Waals surface area contributed by atoms with Gasteiger partial charge in [0, 0.05) is 13.5 Å². The molecule has 1 heterocycles. The van der Waals surface area contributed by atoms with Crippen LogP contribution < -0.4 is 11.1 Å². The number of rotatable bonds is 4. The second-order valence-electron chi connectivity index (χ2n) is 6.93. The number of hydrogen-bond acceptors (Lipinski definition) is 3. The molecule has 0 bridgehead atoms. The van der Waals surface area contributed by atoms with Gasteiger partial charge in [0.25, 0.3) is 0 Å². The lowest BCUT2D eigenvalue weighted by Crippen LogP contribution is -2.61. The van der Waals surface area contributed by atoms with E-state index in [4.69, 9.17) is 5.73 Å². The molecule has 2 rings (SSSR count). The standard InChI is InChI=1S/C15H19F6N3O3/c1-6(25)23-9(11(14(16,17)18)15(19,20)21)13(27)24-5-7-3-2-4-8(7)10(24)12(22)26/h7-11H,2-5H2,1H3,(H2,22,26)(H,23,25). The fourth-order valence-electron chi connectivity index (χ4n) is 4.15. The van der Waals surface area contributed by atoms with Crippen LogP contribution >= 0.6 is 0 Å². The van der Waals surface area contributed by atoms with Crippen LogP contribution in [-0.2, 0) is 14.4 Å². The Hall–Kier alpha value is -2.01. The van der Waals surface area contributed by atoms with E-state index in [9.17, 15) is 40.7 Å². The highest BCUT2D eigenvalue weighted by Gasteiger charge is 2.64. The molecule has 1 saturated carbocycles. The fourth-order valence-corrected chi connectivity index (χ4v) is 4.15. The smallest absolute Gasteiger partial charge is 0.368 e. The molecule has 2 aliphatic rings. The van der Waals surface area contributed by atoms with Gasteiger partial charge in [-0.3, -0.25) is 14.4 Å². The van der Waals surface area contributed by atoms with Gasteiger partial charge in [0.05, 0.1) is 0 Å². The minimum absolute atomic E-state index is 0.171. The van der Waals surface area contributed by atoms with Gasteiger partial charge >= 0.3 is 12.4 Å². The van der Waals surface area contributed by atoms with E-state index in [2.05, 4.69) is 0 Å². The Bertz CT molecular complexity index is 607. The van der Waals surface area contributed by atoms with Crippen molar-refractivity contribution in [3.05, 3.63) is 0 Å². The molecule has 4 unspecified atom stereocenters. The van der Waals surface area contributed by atoms with E-state index in [1.165, 1.54) is 5.32 Å². The maximum Gasteiger partial charge on any atom is 0.403 e. The molecule has 0 radical (unpaired) electrons. The van der Waals surface area contributed by atoms with Gasteiger partial charge < -0.3 is 16.0 Å². The molecule has 0 spiro atoms. The van der Waals surface area contributed by atoms with Gasteiger partial charge in [0.15, 0.2) is 5.92 Å². The van der Waals surface area contributed by atoms with E-state index in [0.29, 0.717) is 24.7 Å². The second kappa shape index (κ2) is 7.19. The molecule has 1 saturated heterocycles. The summed E-state index contributed by atoms with van der Waals surface area (Å²) < 4.78 is 78.7. The van der Waals surface area contributed by atoms with Crippen LogP contribution in [0.15, 0.2) is 0 Å². The van der Waals surface area contributed by atoms with Gasteiger partial charge in [-0.25, -0.2) is 0 Å². The van der Waals surface area contributed by atoms with Crippen molar-refractivity contribution in [3.8, 4) is 0 Å². The van der Waals surface area contributed by atoms with Crippen molar-refractivity contribution in [2.75, 3.05) is 6.54 Å². The number of hydrogen-bond donors (Lipinski definition) is 2. The first-order valence-corrected chi connectivity index (χ1v) is 8.25. The average molecular weight is 403 g/mol. The van der Waals surface area contributed by atoms with Crippen LogP contribution in [-0.4, -0.2) is 53.6 Å². The minimum atomic E-state index is -5.83. The second-order valence-corrected chi connectivity index (χ2v) is 6.93. The molecule has 1 aliphatic carbocycles. The number of fused-ring (bicyclic) bond motifs is 1. The number of carbonyl (C=O) groups excluding carboxylic acids is 3. The Morgan fingerprint density at radius 2 is 1.63 bits per heavy atom. The number of primary amides is 1. The van der Waals surface area contributed by atoms with E-state index < -0.39 is 54.0 Å². The van der Waals surface area contributed by atoms with E-state index in [0.717, 1.165) is 6.42 Å². The highest BCUT2D eigenvalue weighted by Crippen LogP contribution is 2.45. The molecule has 12 heteroatoms. The van der Waals surface area contributed by atoms with Crippen molar-refractivity contribution in [1.29, 1.82) is 0 Å². The topological polar surface area (TPSA) is 92.5 Å². The predicted molar refractivity (Wildman–Crippen MR) is 78.7 cm³/mol. The number of likely N-dealkylation sites (tertiary alicyclic amines) is 1. The Morgan fingerprint density at radius 3 is 2.07 bits per heavy atom. The average Bonchev–Trinajstić information content (AvgIpc) is 3.01. The summed E-state index contributed by atoms with van der Waals surface area (Å²) in [4.78, 5) is 36.3. The van der Waals surface area contributed by atoms with Gasteiger partial charge in [-0.15, -0.1) is 0 Å². The van der Waals surface area contributed by atoms with Crippen molar-refractivity contribution in [3.63, 3.8) is 0 Å². The van der Waals surface area contributed by atoms with Crippen LogP contribution in [0.4, 0.5) is 26.3 Å². The highest BCUT2D eigenvalue weighted by atomic mass is 19.4. The Kier molecular flexibility index (Phi) is 5.67. The van der Waals surface area contributed by atoms with Gasteiger partial charge in [-0.2, -0.15) is 26.3 Å². The van der Waals surface area contributed by atoms with Crippen LogP contribution in [0.1, 0.15) is 26.2 Å². The first kappa shape index (κ1) is 21.3. The molecule has 1 aliphatic heterocycles. The summed E-state index contributed by atoms with van der Waals surface area (Å²) in [6.45, 7) is 0.532. The van der Waals surface area contributed by atoms with Gasteiger partial charge in [-0.1, -0.05) is 6.42 Å². The van der Waals surface area contributed by atoms with Crippen molar-refractivity contribution < 1.29 is 40.7 Å². The Balaban J connectivity index is 2.42. The summed E-state index contributed by atoms with van der Waals surface area (Å²) in [5.41, 5.74) is 5.27. The van der Waals surface area contributed by atoms with Crippen LogP contribution in [0, 0.1) is 17.8 Å². The largest absolute Gasteiger partial charge is 0.403 e. The summed E-state index contributed by atoms with van der Waals surface area (Å²) in [7, 11) is 0. The zero-order valence-corrected chi connectivity index (χ0v) is 14.2. The van der Waals surface area contributed by atoms with Crippen molar-refractivity contribution >= 4 is 17.7 Å². The molecule has 27 heavy (non-hydrogen) atoms. The molecule has 0 aromatic carbocycles. The summed E-state index contributed by atoms with van der Waals surface area (Å²) in [5.74, 6) is -8.56. The number of nitrogens with two attached hydrogens (primary N) is 1. The third kappa shape index (κ3) is 4.29. The van der Waals surface area contributed by atoms with Crippen LogP contribution in [0.3, 0.4) is 0 Å². The fraction of sp³-hybridized carbons (Fsp3) is 0.800. The quantitative estimate of drug-likeness (QED) is 0.694. The number of amides is 3. The molecule has 3 N–H and O–H groups in total. The van der Waals surface area contributed by atoms with Crippen molar-refractivity contribution in [2.24, 2.45) is 23.5 Å². The summed E-state index contributed by atoms with van der Waals surface area (Å²) in [6, 6.07) is -4.22. The molecule has 0 aromatic rings. The minimum Gasteiger partial charge on any atom is -0.368 e. The first-order valence-electron chi connectivity index (χ1n) is 8.25. The Morgan fingerprint density at radius 1 is 1.07 bits per heavy atom. The highest BCUT2D eigenvalue weighted by molar-refractivity contribution is 5.92. The maximum atomic E-state index is 13.1. The lowest BCUT2D eigenvalue weighted by molar-refractivity contribution is -0.290. The maximum absolute atomic E-state index is 13.1. The number of nitrogens with one attached hydrogen (secondary N) is 1. The van der Waals surface area contributed by atoms with Crippen molar-refractivity contribution in [2.45, 2.75) is 50.6 Å². The molecule has 0 aromatic heterocycles. The molecule has 4 atom stereocenters. The zero-order chi connectivity index (χ0) is 20.7. The van der Waals surface area contributed by atoms with Crippen molar-refractivity contribution in [1.82, 2.24) is 10.2 Å². The van der Waals surface area contributed by atoms with Gasteiger partial charge in [0.1, 0.15) is 12.1 Å². The summed E-state index contributed by atoms with van der Waals surface area (Å²) >= 11 is 0. The monoisotopic (exact) mass is 403 g/mol. The molecule has 2 fully saturated rings. The lowest BCUT2D eigenvalue weighted by Gasteiger charge is -2.34. The predicted octanol–water partition coefficient (Wildman–Crippen LogP) is 1.34. The summed E-state index contributed by atoms with van der Waals surface area (Å²) in [6.07, 6.45) is -9.86.